The maximum atomic E-state index is 12.8. The van der Waals surface area contributed by atoms with Crippen LogP contribution in [0.4, 0.5) is 0 Å². The highest BCUT2D eigenvalue weighted by Gasteiger charge is 2.35. The lowest BCUT2D eigenvalue weighted by molar-refractivity contribution is -0.134. The third-order valence-electron chi connectivity index (χ3n) is 4.55. The normalized spacial score (nSPS) is 19.6. The fourth-order valence-corrected chi connectivity index (χ4v) is 3.03. The van der Waals surface area contributed by atoms with Gasteiger partial charge in [-0.25, -0.2) is 5.43 Å². The lowest BCUT2D eigenvalue weighted by Gasteiger charge is -2.24. The summed E-state index contributed by atoms with van der Waals surface area (Å²) in [6, 6.07) is 18.0. The van der Waals surface area contributed by atoms with Crippen LogP contribution in [0.5, 0.6) is 5.75 Å². The Bertz CT molecular complexity index is 688. The van der Waals surface area contributed by atoms with E-state index in [1.807, 2.05) is 68.6 Å². The van der Waals surface area contributed by atoms with E-state index in [0.29, 0.717) is 19.7 Å². The van der Waals surface area contributed by atoms with Gasteiger partial charge in [-0.15, -0.1) is 0 Å². The van der Waals surface area contributed by atoms with Crippen LogP contribution in [0.3, 0.4) is 0 Å². The molecule has 0 radical (unpaired) electrons. The molecule has 1 saturated heterocycles. The van der Waals surface area contributed by atoms with E-state index in [0.717, 1.165) is 11.3 Å². The van der Waals surface area contributed by atoms with E-state index < -0.39 is 0 Å². The number of carbonyl (C=O) groups is 1. The average molecular weight is 339 g/mol. The van der Waals surface area contributed by atoms with Crippen LogP contribution in [0.15, 0.2) is 54.6 Å². The van der Waals surface area contributed by atoms with Crippen molar-refractivity contribution in [2.45, 2.75) is 13.0 Å². The second-order valence-corrected chi connectivity index (χ2v) is 6.44. The zero-order valence-corrected chi connectivity index (χ0v) is 14.7. The number of hydrogen-bond donors (Lipinski definition) is 2. The molecular weight excluding hydrogens is 314 g/mol. The minimum Gasteiger partial charge on any atom is -0.492 e. The van der Waals surface area contributed by atoms with Crippen LogP contribution in [-0.4, -0.2) is 37.6 Å². The van der Waals surface area contributed by atoms with E-state index in [1.165, 1.54) is 5.56 Å². The Kier molecular flexibility index (Phi) is 5.68. The quantitative estimate of drug-likeness (QED) is 0.848. The molecule has 2 aromatic rings. The summed E-state index contributed by atoms with van der Waals surface area (Å²) in [6.45, 7) is 3.71. The molecule has 0 aromatic heterocycles. The Morgan fingerprint density at radius 2 is 1.88 bits per heavy atom. The van der Waals surface area contributed by atoms with E-state index >= 15 is 0 Å². The molecule has 5 heteroatoms. The number of ether oxygens (including phenoxy) is 1. The fourth-order valence-electron chi connectivity index (χ4n) is 3.03. The van der Waals surface area contributed by atoms with Gasteiger partial charge in [-0.1, -0.05) is 48.0 Å². The van der Waals surface area contributed by atoms with Gasteiger partial charge in [0.1, 0.15) is 12.4 Å². The van der Waals surface area contributed by atoms with Crippen molar-refractivity contribution in [3.8, 4) is 5.75 Å². The Balaban J connectivity index is 1.53. The molecule has 5 nitrogen and oxygen atoms in total. The van der Waals surface area contributed by atoms with Crippen molar-refractivity contribution in [3.63, 3.8) is 0 Å². The smallest absolute Gasteiger partial charge is 0.228 e. The van der Waals surface area contributed by atoms with Gasteiger partial charge < -0.3 is 9.64 Å². The largest absolute Gasteiger partial charge is 0.492 e. The number of likely N-dealkylation sites (N-methyl/N-ethyl adjacent to an activating group) is 1. The second kappa shape index (κ2) is 8.14. The Morgan fingerprint density at radius 1 is 1.16 bits per heavy atom. The summed E-state index contributed by atoms with van der Waals surface area (Å²) >= 11 is 0. The molecule has 0 aliphatic carbocycles. The predicted octanol–water partition coefficient (Wildman–Crippen LogP) is 2.30. The molecule has 3 rings (SSSR count). The van der Waals surface area contributed by atoms with Gasteiger partial charge in [0.2, 0.25) is 5.91 Å². The third kappa shape index (κ3) is 4.38. The van der Waals surface area contributed by atoms with Crippen molar-refractivity contribution < 1.29 is 9.53 Å². The average Bonchev–Trinajstić information content (AvgIpc) is 3.13. The number of nitrogens with one attached hydrogen (secondary N) is 2. The Labute approximate surface area is 149 Å². The van der Waals surface area contributed by atoms with Crippen LogP contribution in [0.1, 0.15) is 17.2 Å². The number of hydrazine groups is 1. The van der Waals surface area contributed by atoms with Crippen LogP contribution in [0.2, 0.25) is 0 Å². The maximum Gasteiger partial charge on any atom is 0.228 e. The fraction of sp³-hybridized carbons (Fsp3) is 0.350. The Morgan fingerprint density at radius 3 is 2.60 bits per heavy atom. The van der Waals surface area contributed by atoms with Crippen LogP contribution in [0, 0.1) is 12.8 Å². The molecule has 132 valence electrons. The first-order valence-corrected chi connectivity index (χ1v) is 8.63. The van der Waals surface area contributed by atoms with Crippen molar-refractivity contribution in [2.24, 2.45) is 5.92 Å². The first-order chi connectivity index (χ1) is 12.1. The van der Waals surface area contributed by atoms with Crippen LogP contribution in [0.25, 0.3) is 0 Å². The van der Waals surface area contributed by atoms with E-state index in [4.69, 9.17) is 4.74 Å². The van der Waals surface area contributed by atoms with Gasteiger partial charge >= 0.3 is 0 Å². The third-order valence-corrected chi connectivity index (χ3v) is 4.55. The molecule has 2 N–H and O–H groups in total. The van der Waals surface area contributed by atoms with Crippen molar-refractivity contribution in [1.82, 2.24) is 15.8 Å². The standard InChI is InChI=1S/C20H25N3O2/c1-15-8-10-17(11-9-15)25-13-12-23(2)20(24)18-14-21-22-19(18)16-6-4-3-5-7-16/h3-11,18-19,21-22H,12-14H2,1-2H3. The summed E-state index contributed by atoms with van der Waals surface area (Å²) < 4.78 is 5.73. The molecule has 0 saturated carbocycles. The van der Waals surface area contributed by atoms with Gasteiger partial charge in [-0.2, -0.15) is 0 Å². The SMILES string of the molecule is Cc1ccc(OCCN(C)C(=O)C2CNNC2c2ccccc2)cc1. The van der Waals surface area contributed by atoms with E-state index in [1.54, 1.807) is 4.90 Å². The molecule has 1 amide bonds. The van der Waals surface area contributed by atoms with Crippen LogP contribution >= 0.6 is 0 Å². The van der Waals surface area contributed by atoms with Gasteiger partial charge in [0, 0.05) is 13.6 Å². The predicted molar refractivity (Wildman–Crippen MR) is 98.1 cm³/mol. The highest BCUT2D eigenvalue weighted by molar-refractivity contribution is 5.80. The van der Waals surface area contributed by atoms with Gasteiger partial charge in [-0.3, -0.25) is 10.2 Å². The van der Waals surface area contributed by atoms with E-state index in [-0.39, 0.29) is 17.9 Å². The number of hydrogen-bond acceptors (Lipinski definition) is 4. The van der Waals surface area contributed by atoms with E-state index in [2.05, 4.69) is 10.9 Å². The summed E-state index contributed by atoms with van der Waals surface area (Å²) in [6.07, 6.45) is 0. The zero-order chi connectivity index (χ0) is 17.6. The Hall–Kier alpha value is -2.37. The second-order valence-electron chi connectivity index (χ2n) is 6.44. The van der Waals surface area contributed by atoms with Crippen molar-refractivity contribution in [2.75, 3.05) is 26.7 Å². The molecule has 1 aliphatic heterocycles. The van der Waals surface area contributed by atoms with Gasteiger partial charge in [0.25, 0.3) is 0 Å². The summed E-state index contributed by atoms with van der Waals surface area (Å²) in [4.78, 5) is 14.6. The lowest BCUT2D eigenvalue weighted by atomic mass is 9.94. The number of amides is 1. The monoisotopic (exact) mass is 339 g/mol. The highest BCUT2D eigenvalue weighted by atomic mass is 16.5. The van der Waals surface area contributed by atoms with Gasteiger partial charge in [-0.05, 0) is 24.6 Å². The van der Waals surface area contributed by atoms with E-state index in [9.17, 15) is 4.79 Å². The van der Waals surface area contributed by atoms with Crippen LogP contribution < -0.4 is 15.6 Å². The summed E-state index contributed by atoms with van der Waals surface area (Å²) in [5.74, 6) is 0.837. The zero-order valence-electron chi connectivity index (χ0n) is 14.7. The minimum absolute atomic E-state index is 0.00540. The molecule has 1 heterocycles. The van der Waals surface area contributed by atoms with Gasteiger partial charge in [0.05, 0.1) is 18.5 Å². The first-order valence-electron chi connectivity index (χ1n) is 8.63. The number of carbonyl (C=O) groups excluding carboxylic acids is 1. The molecule has 1 fully saturated rings. The van der Waals surface area contributed by atoms with Gasteiger partial charge in [0.15, 0.2) is 0 Å². The van der Waals surface area contributed by atoms with Crippen molar-refractivity contribution >= 4 is 5.91 Å². The molecule has 25 heavy (non-hydrogen) atoms. The summed E-state index contributed by atoms with van der Waals surface area (Å²) in [7, 11) is 1.83. The molecule has 1 aliphatic rings. The topological polar surface area (TPSA) is 53.6 Å². The number of rotatable bonds is 6. The minimum atomic E-state index is -0.119. The van der Waals surface area contributed by atoms with Crippen LogP contribution in [-0.2, 0) is 4.79 Å². The first kappa shape index (κ1) is 17.5. The molecule has 0 spiro atoms. The molecule has 2 unspecified atom stereocenters. The maximum absolute atomic E-state index is 12.8. The highest BCUT2D eigenvalue weighted by Crippen LogP contribution is 2.26. The molecular formula is C20H25N3O2. The number of aryl methyl sites for hydroxylation is 1. The lowest BCUT2D eigenvalue weighted by Crippen LogP contribution is -2.38. The van der Waals surface area contributed by atoms with Crippen molar-refractivity contribution in [3.05, 3.63) is 65.7 Å². The number of benzene rings is 2. The molecule has 0 bridgehead atoms. The molecule has 2 aromatic carbocycles. The summed E-state index contributed by atoms with van der Waals surface area (Å²) in [5, 5.41) is 0. The van der Waals surface area contributed by atoms with Crippen molar-refractivity contribution in [1.29, 1.82) is 0 Å². The number of nitrogens with zero attached hydrogens (tertiary/aromatic N) is 1. The summed E-state index contributed by atoms with van der Waals surface area (Å²) in [5.41, 5.74) is 8.65. The molecule has 2 atom stereocenters.